The highest BCUT2D eigenvalue weighted by Gasteiger charge is 2.09. The molecule has 0 atom stereocenters. The lowest BCUT2D eigenvalue weighted by atomic mass is 10.2. The molecule has 0 aliphatic heterocycles. The Bertz CT molecular complexity index is 508. The Kier molecular flexibility index (Phi) is 5.50. The van der Waals surface area contributed by atoms with Crippen molar-refractivity contribution in [2.24, 2.45) is 0 Å². The van der Waals surface area contributed by atoms with Gasteiger partial charge >= 0.3 is 0 Å². The Balaban J connectivity index is 1.90. The summed E-state index contributed by atoms with van der Waals surface area (Å²) in [5.74, 6) is 2.59. The van der Waals surface area contributed by atoms with E-state index in [2.05, 4.69) is 5.32 Å². The zero-order chi connectivity index (χ0) is 14.2. The third-order valence-electron chi connectivity index (χ3n) is 3.01. The van der Waals surface area contributed by atoms with Crippen LogP contribution in [0.5, 0.6) is 11.5 Å². The number of para-hydroxylation sites is 1. The number of ether oxygens (including phenoxy) is 2. The maximum Gasteiger partial charge on any atom is 0.165 e. The van der Waals surface area contributed by atoms with Crippen molar-refractivity contribution in [1.82, 2.24) is 5.32 Å². The van der Waals surface area contributed by atoms with Gasteiger partial charge in [0.25, 0.3) is 0 Å². The van der Waals surface area contributed by atoms with E-state index in [9.17, 15) is 0 Å². The van der Waals surface area contributed by atoms with Gasteiger partial charge in [-0.3, -0.25) is 0 Å². The molecule has 4 heteroatoms. The van der Waals surface area contributed by atoms with Crippen molar-refractivity contribution in [3.8, 4) is 11.5 Å². The van der Waals surface area contributed by atoms with Gasteiger partial charge in [0, 0.05) is 25.1 Å². The van der Waals surface area contributed by atoms with Gasteiger partial charge in [0.05, 0.1) is 20.0 Å². The number of furan rings is 1. The normalized spacial score (nSPS) is 10.5. The summed E-state index contributed by atoms with van der Waals surface area (Å²) < 4.78 is 16.3. The van der Waals surface area contributed by atoms with Gasteiger partial charge in [0.1, 0.15) is 5.76 Å². The highest BCUT2D eigenvalue weighted by Crippen LogP contribution is 2.30. The van der Waals surface area contributed by atoms with Crippen molar-refractivity contribution in [1.29, 1.82) is 0 Å². The van der Waals surface area contributed by atoms with E-state index >= 15 is 0 Å². The largest absolute Gasteiger partial charge is 0.493 e. The average molecular weight is 275 g/mol. The Labute approximate surface area is 119 Å². The quantitative estimate of drug-likeness (QED) is 0.752. The topological polar surface area (TPSA) is 43.6 Å². The van der Waals surface area contributed by atoms with Crippen LogP contribution in [0.25, 0.3) is 0 Å². The average Bonchev–Trinajstić information content (AvgIpc) is 2.97. The Hall–Kier alpha value is -1.94. The minimum atomic E-state index is 0.631. The lowest BCUT2D eigenvalue weighted by Gasteiger charge is -2.14. The monoisotopic (exact) mass is 275 g/mol. The second kappa shape index (κ2) is 7.60. The molecule has 0 unspecified atom stereocenters. The molecule has 1 heterocycles. The Morgan fingerprint density at radius 2 is 2.10 bits per heavy atom. The van der Waals surface area contributed by atoms with Crippen LogP contribution in [0.3, 0.4) is 0 Å². The summed E-state index contributed by atoms with van der Waals surface area (Å²) in [7, 11) is 1.67. The van der Waals surface area contributed by atoms with Crippen LogP contribution in [0, 0.1) is 0 Å². The maximum absolute atomic E-state index is 5.57. The molecule has 1 N–H and O–H groups in total. The molecule has 0 aliphatic carbocycles. The molecule has 0 radical (unpaired) electrons. The van der Waals surface area contributed by atoms with Gasteiger partial charge in [0.15, 0.2) is 11.5 Å². The highest BCUT2D eigenvalue weighted by atomic mass is 16.5. The molecule has 0 bridgehead atoms. The number of hydrogen-bond acceptors (Lipinski definition) is 4. The molecule has 0 aliphatic rings. The molecule has 1 aromatic carbocycles. The van der Waals surface area contributed by atoms with Gasteiger partial charge in [-0.1, -0.05) is 12.1 Å². The summed E-state index contributed by atoms with van der Waals surface area (Å²) in [6.07, 6.45) is 2.57. The van der Waals surface area contributed by atoms with Gasteiger partial charge in [-0.15, -0.1) is 0 Å². The first-order valence-corrected chi connectivity index (χ1v) is 6.87. The first-order chi connectivity index (χ1) is 9.85. The van der Waals surface area contributed by atoms with E-state index in [4.69, 9.17) is 13.9 Å². The van der Waals surface area contributed by atoms with Crippen LogP contribution in [0.1, 0.15) is 18.2 Å². The van der Waals surface area contributed by atoms with Crippen molar-refractivity contribution in [2.75, 3.05) is 20.3 Å². The fourth-order valence-electron chi connectivity index (χ4n) is 2.09. The molecule has 108 valence electrons. The first kappa shape index (κ1) is 14.5. The van der Waals surface area contributed by atoms with Crippen molar-refractivity contribution < 1.29 is 13.9 Å². The van der Waals surface area contributed by atoms with Crippen LogP contribution in [-0.2, 0) is 13.0 Å². The number of hydrogen-bond donors (Lipinski definition) is 1. The zero-order valence-electron chi connectivity index (χ0n) is 12.0. The first-order valence-electron chi connectivity index (χ1n) is 6.87. The predicted molar refractivity (Wildman–Crippen MR) is 78.3 cm³/mol. The molecule has 0 saturated carbocycles. The van der Waals surface area contributed by atoms with Crippen LogP contribution in [-0.4, -0.2) is 20.3 Å². The molecule has 0 saturated heterocycles. The lowest BCUT2D eigenvalue weighted by Crippen LogP contribution is -2.17. The van der Waals surface area contributed by atoms with Crippen LogP contribution >= 0.6 is 0 Å². The fraction of sp³-hybridized carbons (Fsp3) is 0.375. The summed E-state index contributed by atoms with van der Waals surface area (Å²) >= 11 is 0. The van der Waals surface area contributed by atoms with Gasteiger partial charge in [-0.25, -0.2) is 0 Å². The third-order valence-corrected chi connectivity index (χ3v) is 3.01. The van der Waals surface area contributed by atoms with Crippen LogP contribution in [0.2, 0.25) is 0 Å². The summed E-state index contributed by atoms with van der Waals surface area (Å²) in [5, 5.41) is 3.39. The third kappa shape index (κ3) is 3.78. The van der Waals surface area contributed by atoms with Gasteiger partial charge in [0.2, 0.25) is 0 Å². The molecular formula is C16H21NO3. The summed E-state index contributed by atoms with van der Waals surface area (Å²) in [4.78, 5) is 0. The van der Waals surface area contributed by atoms with Gasteiger partial charge in [-0.05, 0) is 25.1 Å². The maximum atomic E-state index is 5.57. The highest BCUT2D eigenvalue weighted by molar-refractivity contribution is 5.46. The standard InChI is InChI=1S/C16H21NO3/c1-3-19-15-8-4-6-13(16(15)18-2)12-17-10-9-14-7-5-11-20-14/h4-8,11,17H,3,9-10,12H2,1-2H3. The van der Waals surface area contributed by atoms with E-state index in [1.54, 1.807) is 13.4 Å². The SMILES string of the molecule is CCOc1cccc(CNCCc2ccco2)c1OC. The molecule has 1 aromatic heterocycles. The van der Waals surface area contributed by atoms with Gasteiger partial charge in [-0.2, -0.15) is 0 Å². The molecular weight excluding hydrogens is 254 g/mol. The lowest BCUT2D eigenvalue weighted by molar-refractivity contribution is 0.308. The second-order valence-electron chi connectivity index (χ2n) is 4.39. The zero-order valence-corrected chi connectivity index (χ0v) is 12.0. The minimum absolute atomic E-state index is 0.631. The van der Waals surface area contributed by atoms with Gasteiger partial charge < -0.3 is 19.2 Å². The Morgan fingerprint density at radius 3 is 2.80 bits per heavy atom. The smallest absolute Gasteiger partial charge is 0.165 e. The molecule has 0 fully saturated rings. The molecule has 4 nitrogen and oxygen atoms in total. The Morgan fingerprint density at radius 1 is 1.20 bits per heavy atom. The summed E-state index contributed by atoms with van der Waals surface area (Å²) in [6, 6.07) is 9.84. The molecule has 2 rings (SSSR count). The molecule has 0 spiro atoms. The number of benzene rings is 1. The van der Waals surface area contributed by atoms with E-state index in [1.165, 1.54) is 0 Å². The second-order valence-corrected chi connectivity index (χ2v) is 4.39. The minimum Gasteiger partial charge on any atom is -0.493 e. The summed E-state index contributed by atoms with van der Waals surface area (Å²) in [6.45, 7) is 4.19. The number of nitrogens with one attached hydrogen (secondary N) is 1. The van der Waals surface area contributed by atoms with E-state index in [0.29, 0.717) is 6.61 Å². The van der Waals surface area contributed by atoms with E-state index in [0.717, 1.165) is 42.3 Å². The number of rotatable bonds is 8. The summed E-state index contributed by atoms with van der Waals surface area (Å²) in [5.41, 5.74) is 1.10. The van der Waals surface area contributed by atoms with E-state index in [1.807, 2.05) is 37.3 Å². The van der Waals surface area contributed by atoms with Crippen LogP contribution < -0.4 is 14.8 Å². The predicted octanol–water partition coefficient (Wildman–Crippen LogP) is 3.02. The molecule has 20 heavy (non-hydrogen) atoms. The van der Waals surface area contributed by atoms with Crippen molar-refractivity contribution in [3.05, 3.63) is 47.9 Å². The van der Waals surface area contributed by atoms with Crippen molar-refractivity contribution in [2.45, 2.75) is 19.9 Å². The van der Waals surface area contributed by atoms with Crippen molar-refractivity contribution in [3.63, 3.8) is 0 Å². The molecule has 0 amide bonds. The van der Waals surface area contributed by atoms with Crippen LogP contribution in [0.15, 0.2) is 41.0 Å². The van der Waals surface area contributed by atoms with Crippen LogP contribution in [0.4, 0.5) is 0 Å². The fourth-order valence-corrected chi connectivity index (χ4v) is 2.09. The van der Waals surface area contributed by atoms with E-state index < -0.39 is 0 Å². The molecule has 2 aromatic rings. The number of methoxy groups -OCH3 is 1. The van der Waals surface area contributed by atoms with E-state index in [-0.39, 0.29) is 0 Å². The van der Waals surface area contributed by atoms with Crippen molar-refractivity contribution >= 4 is 0 Å².